The summed E-state index contributed by atoms with van der Waals surface area (Å²) in [5, 5.41) is 2.64. The maximum atomic E-state index is 11.7. The fraction of sp³-hybridized carbons (Fsp3) is 0.471. The number of alkyl carbamates (subject to hydrolysis) is 1. The summed E-state index contributed by atoms with van der Waals surface area (Å²) in [6, 6.07) is 6.12. The molecule has 1 aromatic rings. The maximum absolute atomic E-state index is 11.7. The molecule has 0 saturated carbocycles. The molecular formula is C17H24N2O3. The van der Waals surface area contributed by atoms with Crippen LogP contribution in [-0.4, -0.2) is 31.4 Å². The minimum absolute atomic E-state index is 0.303. The van der Waals surface area contributed by atoms with Crippen molar-refractivity contribution >= 4 is 6.09 Å². The van der Waals surface area contributed by atoms with Gasteiger partial charge in [-0.25, -0.2) is 4.79 Å². The van der Waals surface area contributed by atoms with Crippen LogP contribution < -0.4 is 15.8 Å². The molecule has 0 aliphatic heterocycles. The van der Waals surface area contributed by atoms with Crippen molar-refractivity contribution in [3.05, 3.63) is 41.5 Å². The van der Waals surface area contributed by atoms with Gasteiger partial charge >= 0.3 is 6.09 Å². The van der Waals surface area contributed by atoms with Crippen LogP contribution in [0.3, 0.4) is 0 Å². The average Bonchev–Trinajstić information content (AvgIpc) is 2.43. The lowest BCUT2D eigenvalue weighted by Crippen LogP contribution is -2.39. The highest BCUT2D eigenvalue weighted by molar-refractivity contribution is 5.67. The highest BCUT2D eigenvalue weighted by Crippen LogP contribution is 2.27. The zero-order valence-corrected chi connectivity index (χ0v) is 13.2. The van der Waals surface area contributed by atoms with E-state index in [4.69, 9.17) is 15.2 Å². The lowest BCUT2D eigenvalue weighted by atomic mass is 9.89. The number of aryl methyl sites for hydroxylation is 2. The Kier molecular flexibility index (Phi) is 5.44. The number of carbonyl (C=O) groups is 1. The van der Waals surface area contributed by atoms with Gasteiger partial charge in [-0.15, -0.1) is 0 Å². The molecule has 0 aromatic heterocycles. The molecule has 0 bridgehead atoms. The first-order valence-electron chi connectivity index (χ1n) is 7.57. The fourth-order valence-electron chi connectivity index (χ4n) is 2.16. The molecule has 0 saturated heterocycles. The van der Waals surface area contributed by atoms with Crippen LogP contribution in [0.2, 0.25) is 0 Å². The van der Waals surface area contributed by atoms with Gasteiger partial charge in [-0.1, -0.05) is 18.2 Å². The minimum Gasteiger partial charge on any atom is -0.489 e. The number of amides is 1. The predicted octanol–water partition coefficient (Wildman–Crippen LogP) is 2.18. The van der Waals surface area contributed by atoms with Crippen LogP contribution in [-0.2, 0) is 17.6 Å². The summed E-state index contributed by atoms with van der Waals surface area (Å²) in [7, 11) is 0. The molecule has 5 nitrogen and oxygen atoms in total. The molecule has 120 valence electrons. The molecule has 0 fully saturated rings. The predicted molar refractivity (Wildman–Crippen MR) is 86.1 cm³/mol. The Labute approximate surface area is 131 Å². The zero-order chi connectivity index (χ0) is 16.0. The van der Waals surface area contributed by atoms with E-state index in [2.05, 4.69) is 17.4 Å². The second-order valence-electron chi connectivity index (χ2n) is 5.96. The molecule has 0 atom stereocenters. The van der Waals surface area contributed by atoms with Crippen LogP contribution in [0.15, 0.2) is 30.4 Å². The molecule has 0 spiro atoms. The quantitative estimate of drug-likeness (QED) is 0.757. The second-order valence-corrected chi connectivity index (χ2v) is 5.96. The van der Waals surface area contributed by atoms with Gasteiger partial charge in [0.2, 0.25) is 0 Å². The van der Waals surface area contributed by atoms with E-state index in [1.54, 1.807) is 12.2 Å². The van der Waals surface area contributed by atoms with Crippen molar-refractivity contribution < 1.29 is 14.3 Å². The van der Waals surface area contributed by atoms with E-state index in [1.165, 1.54) is 11.1 Å². The number of rotatable bonds is 7. The number of ether oxygens (including phenoxy) is 2. The molecular weight excluding hydrogens is 280 g/mol. The summed E-state index contributed by atoms with van der Waals surface area (Å²) in [5.74, 6) is 0.821. The summed E-state index contributed by atoms with van der Waals surface area (Å²) < 4.78 is 11.1. The normalized spacial score (nSPS) is 13.4. The third-order valence-corrected chi connectivity index (χ3v) is 3.46. The highest BCUT2D eigenvalue weighted by atomic mass is 16.6. The van der Waals surface area contributed by atoms with Crippen molar-refractivity contribution in [1.82, 2.24) is 5.32 Å². The lowest BCUT2D eigenvalue weighted by molar-refractivity contribution is 0.00479. The molecule has 0 unspecified atom stereocenters. The number of benzene rings is 1. The summed E-state index contributed by atoms with van der Waals surface area (Å²) >= 11 is 0. The van der Waals surface area contributed by atoms with Crippen LogP contribution >= 0.6 is 0 Å². The molecule has 22 heavy (non-hydrogen) atoms. The van der Waals surface area contributed by atoms with Gasteiger partial charge in [0, 0.05) is 13.1 Å². The van der Waals surface area contributed by atoms with Crippen LogP contribution in [0.4, 0.5) is 4.79 Å². The second kappa shape index (κ2) is 7.31. The SMILES string of the molecule is CC(C)(COc1ccc2c(c1)CC2)OC(=O)NC/C=C/CN. The van der Waals surface area contributed by atoms with E-state index in [9.17, 15) is 4.79 Å². The molecule has 3 N–H and O–H groups in total. The Balaban J connectivity index is 1.76. The zero-order valence-electron chi connectivity index (χ0n) is 13.2. The number of hydrogen-bond acceptors (Lipinski definition) is 4. The molecule has 1 aliphatic rings. The first-order chi connectivity index (χ1) is 10.5. The monoisotopic (exact) mass is 304 g/mol. The van der Waals surface area contributed by atoms with Gasteiger partial charge in [-0.2, -0.15) is 0 Å². The number of carbonyl (C=O) groups excluding carboxylic acids is 1. The standard InChI is InChI=1S/C17H24N2O3/c1-17(2,22-16(20)19-10-4-3-9-18)12-21-15-8-7-13-5-6-14(13)11-15/h3-4,7-8,11H,5-6,9-10,12,18H2,1-2H3,(H,19,20)/b4-3+. The highest BCUT2D eigenvalue weighted by Gasteiger charge is 2.24. The Hall–Kier alpha value is -2.01. The van der Waals surface area contributed by atoms with Crippen molar-refractivity contribution in [1.29, 1.82) is 0 Å². The fourth-order valence-corrected chi connectivity index (χ4v) is 2.16. The lowest BCUT2D eigenvalue weighted by Gasteiger charge is -2.26. The average molecular weight is 304 g/mol. The van der Waals surface area contributed by atoms with Crippen molar-refractivity contribution in [2.24, 2.45) is 5.73 Å². The summed E-state index contributed by atoms with van der Waals surface area (Å²) in [5.41, 5.74) is 7.36. The molecule has 5 heteroatoms. The van der Waals surface area contributed by atoms with Crippen LogP contribution in [0, 0.1) is 0 Å². The number of nitrogens with one attached hydrogen (secondary N) is 1. The smallest absolute Gasteiger partial charge is 0.408 e. The van der Waals surface area contributed by atoms with Gasteiger partial charge in [-0.05, 0) is 49.9 Å². The van der Waals surface area contributed by atoms with Crippen molar-refractivity contribution in [2.45, 2.75) is 32.3 Å². The third kappa shape index (κ3) is 4.77. The van der Waals surface area contributed by atoms with Gasteiger partial charge < -0.3 is 20.5 Å². The van der Waals surface area contributed by atoms with Crippen LogP contribution in [0.1, 0.15) is 25.0 Å². The molecule has 1 amide bonds. The molecule has 2 rings (SSSR count). The summed E-state index contributed by atoms with van der Waals surface area (Å²) in [6.07, 6.45) is 5.37. The van der Waals surface area contributed by atoms with E-state index in [0.717, 1.165) is 18.6 Å². The van der Waals surface area contributed by atoms with Gasteiger partial charge in [0.1, 0.15) is 18.0 Å². The number of nitrogens with two attached hydrogens (primary N) is 1. The van der Waals surface area contributed by atoms with Crippen LogP contribution in [0.5, 0.6) is 5.75 Å². The van der Waals surface area contributed by atoms with Crippen molar-refractivity contribution in [3.63, 3.8) is 0 Å². The Morgan fingerprint density at radius 2 is 2.09 bits per heavy atom. The topological polar surface area (TPSA) is 73.6 Å². The number of hydrogen-bond donors (Lipinski definition) is 2. The molecule has 1 aliphatic carbocycles. The number of fused-ring (bicyclic) bond motifs is 1. The Morgan fingerprint density at radius 1 is 1.32 bits per heavy atom. The largest absolute Gasteiger partial charge is 0.489 e. The maximum Gasteiger partial charge on any atom is 0.408 e. The minimum atomic E-state index is -0.704. The van der Waals surface area contributed by atoms with Gasteiger partial charge in [-0.3, -0.25) is 0 Å². The first-order valence-corrected chi connectivity index (χ1v) is 7.57. The molecule has 1 aromatic carbocycles. The van der Waals surface area contributed by atoms with E-state index in [-0.39, 0.29) is 0 Å². The molecule has 0 radical (unpaired) electrons. The summed E-state index contributed by atoms with van der Waals surface area (Å²) in [4.78, 5) is 11.7. The van der Waals surface area contributed by atoms with Gasteiger partial charge in [0.05, 0.1) is 0 Å². The van der Waals surface area contributed by atoms with Crippen molar-refractivity contribution in [2.75, 3.05) is 19.7 Å². The van der Waals surface area contributed by atoms with E-state index in [1.807, 2.05) is 19.9 Å². The van der Waals surface area contributed by atoms with Crippen LogP contribution in [0.25, 0.3) is 0 Å². The third-order valence-electron chi connectivity index (χ3n) is 3.46. The van der Waals surface area contributed by atoms with E-state index >= 15 is 0 Å². The van der Waals surface area contributed by atoms with Gasteiger partial charge in [0.25, 0.3) is 0 Å². The van der Waals surface area contributed by atoms with Crippen molar-refractivity contribution in [3.8, 4) is 5.75 Å². The van der Waals surface area contributed by atoms with E-state index < -0.39 is 11.7 Å². The Morgan fingerprint density at radius 3 is 2.73 bits per heavy atom. The molecule has 0 heterocycles. The first kappa shape index (κ1) is 16.4. The van der Waals surface area contributed by atoms with E-state index in [0.29, 0.717) is 19.7 Å². The van der Waals surface area contributed by atoms with Gasteiger partial charge in [0.15, 0.2) is 0 Å². The Bertz CT molecular complexity index is 553. The summed E-state index contributed by atoms with van der Waals surface area (Å²) in [6.45, 7) is 4.80.